The highest BCUT2D eigenvalue weighted by molar-refractivity contribution is 9.10. The predicted octanol–water partition coefficient (Wildman–Crippen LogP) is 4.94. The van der Waals surface area contributed by atoms with Gasteiger partial charge >= 0.3 is 6.09 Å². The highest BCUT2D eigenvalue weighted by atomic mass is 79.9. The predicted molar refractivity (Wildman–Crippen MR) is 95.4 cm³/mol. The van der Waals surface area contributed by atoms with Gasteiger partial charge in [0.25, 0.3) is 0 Å². The first-order valence-electron chi connectivity index (χ1n) is 7.60. The molecule has 1 heterocycles. The lowest BCUT2D eigenvalue weighted by molar-refractivity contribution is 0.0458. The van der Waals surface area contributed by atoms with Crippen molar-refractivity contribution in [3.63, 3.8) is 0 Å². The Labute approximate surface area is 145 Å². The van der Waals surface area contributed by atoms with Crippen molar-refractivity contribution in [2.75, 3.05) is 0 Å². The fraction of sp³-hybridized carbons (Fsp3) is 0.529. The van der Waals surface area contributed by atoms with Crippen molar-refractivity contribution in [2.24, 2.45) is 5.41 Å². The lowest BCUT2D eigenvalue weighted by Crippen LogP contribution is -2.40. The molecule has 6 heteroatoms. The molecule has 23 heavy (non-hydrogen) atoms. The molecule has 1 aromatic carbocycles. The van der Waals surface area contributed by atoms with Crippen molar-refractivity contribution in [3.8, 4) is 0 Å². The second-order valence-electron chi connectivity index (χ2n) is 7.73. The molecule has 0 saturated carbocycles. The number of rotatable bonds is 2. The van der Waals surface area contributed by atoms with E-state index in [0.717, 1.165) is 21.3 Å². The number of aromatic nitrogens is 2. The Balaban J connectivity index is 2.32. The van der Waals surface area contributed by atoms with Crippen LogP contribution in [0.1, 0.15) is 53.4 Å². The lowest BCUT2D eigenvalue weighted by Gasteiger charge is -2.31. The molecular formula is C17H24BrN3O2. The molecule has 2 rings (SSSR count). The van der Waals surface area contributed by atoms with Gasteiger partial charge in [-0.05, 0) is 44.4 Å². The molecule has 2 aromatic rings. The molecule has 2 N–H and O–H groups in total. The summed E-state index contributed by atoms with van der Waals surface area (Å²) in [7, 11) is 0. The molecule has 0 saturated heterocycles. The average Bonchev–Trinajstić information content (AvgIpc) is 2.74. The smallest absolute Gasteiger partial charge is 0.408 e. The molecule has 5 nitrogen and oxygen atoms in total. The van der Waals surface area contributed by atoms with Crippen LogP contribution < -0.4 is 5.32 Å². The summed E-state index contributed by atoms with van der Waals surface area (Å²) < 4.78 is 6.36. The first-order chi connectivity index (χ1) is 10.5. The van der Waals surface area contributed by atoms with E-state index in [-0.39, 0.29) is 11.5 Å². The highest BCUT2D eigenvalue weighted by Crippen LogP contribution is 2.33. The third-order valence-electron chi connectivity index (χ3n) is 3.26. The number of hydrogen-bond donors (Lipinski definition) is 2. The second kappa shape index (κ2) is 6.15. The van der Waals surface area contributed by atoms with Crippen LogP contribution in [0.2, 0.25) is 0 Å². The maximum absolute atomic E-state index is 12.2. The first kappa shape index (κ1) is 17.8. The summed E-state index contributed by atoms with van der Waals surface area (Å²) >= 11 is 3.45. The fourth-order valence-corrected chi connectivity index (χ4v) is 2.62. The molecular weight excluding hydrogens is 358 g/mol. The average molecular weight is 382 g/mol. The number of fused-ring (bicyclic) bond motifs is 1. The third-order valence-corrected chi connectivity index (χ3v) is 3.76. The van der Waals surface area contributed by atoms with E-state index in [4.69, 9.17) is 4.74 Å². The maximum Gasteiger partial charge on any atom is 0.408 e. The number of imidazole rings is 1. The van der Waals surface area contributed by atoms with E-state index >= 15 is 0 Å². The van der Waals surface area contributed by atoms with Crippen LogP contribution in [0.3, 0.4) is 0 Å². The third kappa shape index (κ3) is 4.70. The monoisotopic (exact) mass is 381 g/mol. The number of alkyl carbamates (subject to hydrolysis) is 1. The van der Waals surface area contributed by atoms with Crippen LogP contribution in [-0.4, -0.2) is 21.7 Å². The zero-order valence-electron chi connectivity index (χ0n) is 14.5. The summed E-state index contributed by atoms with van der Waals surface area (Å²) in [5, 5.41) is 2.94. The Morgan fingerprint density at radius 1 is 1.26 bits per heavy atom. The number of ether oxygens (including phenoxy) is 1. The number of aromatic amines is 1. The van der Waals surface area contributed by atoms with Gasteiger partial charge in [0, 0.05) is 4.47 Å². The van der Waals surface area contributed by atoms with Crippen molar-refractivity contribution in [3.05, 3.63) is 28.5 Å². The summed E-state index contributed by atoms with van der Waals surface area (Å²) in [5.41, 5.74) is 1.03. The quantitative estimate of drug-likeness (QED) is 0.773. The van der Waals surface area contributed by atoms with E-state index in [1.54, 1.807) is 0 Å². The summed E-state index contributed by atoms with van der Waals surface area (Å²) in [6, 6.07) is 5.56. The zero-order valence-corrected chi connectivity index (χ0v) is 16.0. The molecule has 0 aliphatic heterocycles. The molecule has 0 unspecified atom stereocenters. The molecule has 0 radical (unpaired) electrons. The Hall–Kier alpha value is -1.56. The van der Waals surface area contributed by atoms with Gasteiger partial charge in [0.15, 0.2) is 0 Å². The van der Waals surface area contributed by atoms with Gasteiger partial charge in [-0.2, -0.15) is 0 Å². The number of benzene rings is 1. The molecule has 126 valence electrons. The molecule has 0 bridgehead atoms. The van der Waals surface area contributed by atoms with Crippen molar-refractivity contribution in [1.29, 1.82) is 0 Å². The zero-order chi connectivity index (χ0) is 17.4. The summed E-state index contributed by atoms with van der Waals surface area (Å²) in [6.45, 7) is 11.7. The number of H-pyrrole nitrogens is 1. The first-order valence-corrected chi connectivity index (χ1v) is 8.40. The molecule has 0 aliphatic carbocycles. The Kier molecular flexibility index (Phi) is 4.76. The van der Waals surface area contributed by atoms with Crippen LogP contribution in [0.25, 0.3) is 11.0 Å². The van der Waals surface area contributed by atoms with Gasteiger partial charge in [0.2, 0.25) is 0 Å². The van der Waals surface area contributed by atoms with Gasteiger partial charge in [-0.1, -0.05) is 36.7 Å². The number of nitrogens with zero attached hydrogens (tertiary/aromatic N) is 1. The normalized spacial score (nSPS) is 13.9. The van der Waals surface area contributed by atoms with Crippen LogP contribution in [0, 0.1) is 5.41 Å². The second-order valence-corrected chi connectivity index (χ2v) is 8.64. The van der Waals surface area contributed by atoms with Crippen LogP contribution in [0.4, 0.5) is 4.79 Å². The van der Waals surface area contributed by atoms with E-state index in [1.165, 1.54) is 0 Å². The Bertz CT molecular complexity index is 711. The molecule has 1 amide bonds. The topological polar surface area (TPSA) is 67.0 Å². The van der Waals surface area contributed by atoms with Crippen molar-refractivity contribution in [2.45, 2.75) is 53.2 Å². The lowest BCUT2D eigenvalue weighted by atomic mass is 9.86. The SMILES string of the molecule is CC(C)(C)OC(=O)N[C@H](c1nc2ccc(Br)cc2[nH]1)C(C)(C)C. The number of amides is 1. The highest BCUT2D eigenvalue weighted by Gasteiger charge is 2.32. The molecule has 0 fully saturated rings. The maximum atomic E-state index is 12.2. The van der Waals surface area contributed by atoms with Crippen LogP contribution in [0.5, 0.6) is 0 Å². The number of carbonyl (C=O) groups is 1. The van der Waals surface area contributed by atoms with Crippen molar-refractivity contribution < 1.29 is 9.53 Å². The molecule has 1 aromatic heterocycles. The minimum Gasteiger partial charge on any atom is -0.444 e. The van der Waals surface area contributed by atoms with E-state index in [2.05, 4.69) is 52.0 Å². The number of halogens is 1. The van der Waals surface area contributed by atoms with Gasteiger partial charge < -0.3 is 15.0 Å². The Morgan fingerprint density at radius 3 is 2.48 bits per heavy atom. The minimum absolute atomic E-state index is 0.220. The molecule has 0 aliphatic rings. The standard InChI is InChI=1S/C17H24BrN3O2/c1-16(2,3)13(21-15(22)23-17(4,5)6)14-19-11-8-7-10(18)9-12(11)20-14/h7-9,13H,1-6H3,(H,19,20)(H,21,22)/t13-/m1/s1. The van der Waals surface area contributed by atoms with Crippen molar-refractivity contribution in [1.82, 2.24) is 15.3 Å². The van der Waals surface area contributed by atoms with Gasteiger partial charge in [0.05, 0.1) is 17.1 Å². The van der Waals surface area contributed by atoms with E-state index in [9.17, 15) is 4.79 Å². The minimum atomic E-state index is -0.536. The van der Waals surface area contributed by atoms with Crippen LogP contribution >= 0.6 is 15.9 Å². The molecule has 1 atom stereocenters. The summed E-state index contributed by atoms with van der Waals surface area (Å²) in [4.78, 5) is 20.1. The van der Waals surface area contributed by atoms with E-state index in [0.29, 0.717) is 0 Å². The van der Waals surface area contributed by atoms with Gasteiger partial charge in [-0.15, -0.1) is 0 Å². The largest absolute Gasteiger partial charge is 0.444 e. The van der Waals surface area contributed by atoms with Gasteiger partial charge in [-0.25, -0.2) is 9.78 Å². The van der Waals surface area contributed by atoms with Gasteiger partial charge in [0.1, 0.15) is 11.4 Å². The van der Waals surface area contributed by atoms with E-state index in [1.807, 2.05) is 39.0 Å². The van der Waals surface area contributed by atoms with Crippen molar-refractivity contribution >= 4 is 33.1 Å². The van der Waals surface area contributed by atoms with E-state index < -0.39 is 11.7 Å². The number of carbonyl (C=O) groups excluding carboxylic acids is 1. The summed E-state index contributed by atoms with van der Waals surface area (Å²) in [5.74, 6) is 0.719. The fourth-order valence-electron chi connectivity index (χ4n) is 2.26. The van der Waals surface area contributed by atoms with Crippen LogP contribution in [-0.2, 0) is 4.74 Å². The number of hydrogen-bond acceptors (Lipinski definition) is 3. The Morgan fingerprint density at radius 2 is 1.91 bits per heavy atom. The molecule has 0 spiro atoms. The summed E-state index contributed by atoms with van der Waals surface area (Å²) in [6.07, 6.45) is -0.445. The number of nitrogens with one attached hydrogen (secondary N) is 2. The van der Waals surface area contributed by atoms with Crippen LogP contribution in [0.15, 0.2) is 22.7 Å². The van der Waals surface area contributed by atoms with Gasteiger partial charge in [-0.3, -0.25) is 0 Å².